The van der Waals surface area contributed by atoms with Crippen molar-refractivity contribution in [3.8, 4) is 5.75 Å². The van der Waals surface area contributed by atoms with Gasteiger partial charge in [0.15, 0.2) is 0 Å². The van der Waals surface area contributed by atoms with Gasteiger partial charge in [-0.25, -0.2) is 0 Å². The van der Waals surface area contributed by atoms with Crippen LogP contribution >= 0.6 is 0 Å². The standard InChI is InChI=1S/C18H30N2O/c1-12(2)9-19-11-16-7-6-15(16)8-17-14(4)18(21-5)13(3)10-20-17/h10,12,15-16,19H,6-9,11H2,1-5H3. The molecule has 3 nitrogen and oxygen atoms in total. The summed E-state index contributed by atoms with van der Waals surface area (Å²) in [4.78, 5) is 4.65. The Morgan fingerprint density at radius 3 is 2.57 bits per heavy atom. The number of rotatable bonds is 7. The van der Waals surface area contributed by atoms with Gasteiger partial charge in [-0.15, -0.1) is 0 Å². The Kier molecular flexibility index (Phi) is 5.63. The predicted molar refractivity (Wildman–Crippen MR) is 87.9 cm³/mol. The van der Waals surface area contributed by atoms with Crippen molar-refractivity contribution in [2.45, 2.75) is 47.0 Å². The first-order valence-corrected chi connectivity index (χ1v) is 8.22. The summed E-state index contributed by atoms with van der Waals surface area (Å²) in [5, 5.41) is 3.60. The van der Waals surface area contributed by atoms with E-state index in [0.717, 1.165) is 48.6 Å². The molecule has 1 heterocycles. The number of pyridine rings is 1. The summed E-state index contributed by atoms with van der Waals surface area (Å²) in [6.45, 7) is 11.0. The lowest BCUT2D eigenvalue weighted by Crippen LogP contribution is -2.37. The molecule has 2 unspecified atom stereocenters. The van der Waals surface area contributed by atoms with Crippen LogP contribution in [0.4, 0.5) is 0 Å². The van der Waals surface area contributed by atoms with E-state index in [1.54, 1.807) is 7.11 Å². The minimum Gasteiger partial charge on any atom is -0.496 e. The van der Waals surface area contributed by atoms with Crippen LogP contribution in [0.15, 0.2) is 6.20 Å². The van der Waals surface area contributed by atoms with Gasteiger partial charge in [-0.1, -0.05) is 13.8 Å². The maximum Gasteiger partial charge on any atom is 0.128 e. The van der Waals surface area contributed by atoms with Gasteiger partial charge >= 0.3 is 0 Å². The van der Waals surface area contributed by atoms with Gasteiger partial charge in [0.05, 0.1) is 7.11 Å². The van der Waals surface area contributed by atoms with Crippen molar-refractivity contribution in [3.63, 3.8) is 0 Å². The first-order chi connectivity index (χ1) is 10.0. The van der Waals surface area contributed by atoms with Gasteiger partial charge in [-0.3, -0.25) is 4.98 Å². The average Bonchev–Trinajstić information content (AvgIpc) is 2.41. The molecule has 0 amide bonds. The lowest BCUT2D eigenvalue weighted by molar-refractivity contribution is 0.168. The molecule has 0 radical (unpaired) electrons. The summed E-state index contributed by atoms with van der Waals surface area (Å²) in [7, 11) is 1.75. The van der Waals surface area contributed by atoms with Crippen molar-refractivity contribution in [1.82, 2.24) is 10.3 Å². The van der Waals surface area contributed by atoms with Gasteiger partial charge in [0.2, 0.25) is 0 Å². The molecule has 2 atom stereocenters. The molecule has 1 aromatic rings. The number of aromatic nitrogens is 1. The number of aryl methyl sites for hydroxylation is 1. The topological polar surface area (TPSA) is 34.1 Å². The van der Waals surface area contributed by atoms with Crippen LogP contribution in [0.25, 0.3) is 0 Å². The maximum absolute atomic E-state index is 5.52. The van der Waals surface area contributed by atoms with Crippen LogP contribution in [-0.4, -0.2) is 25.2 Å². The van der Waals surface area contributed by atoms with Gasteiger partial charge < -0.3 is 10.1 Å². The van der Waals surface area contributed by atoms with E-state index in [1.165, 1.54) is 24.1 Å². The lowest BCUT2D eigenvalue weighted by Gasteiger charge is -2.37. The van der Waals surface area contributed by atoms with Crippen molar-refractivity contribution in [2.75, 3.05) is 20.2 Å². The number of ether oxygens (including phenoxy) is 1. The minimum absolute atomic E-state index is 0.730. The van der Waals surface area contributed by atoms with Crippen LogP contribution in [0.3, 0.4) is 0 Å². The molecule has 1 fully saturated rings. The minimum atomic E-state index is 0.730. The highest BCUT2D eigenvalue weighted by Gasteiger charge is 2.31. The van der Waals surface area contributed by atoms with Crippen LogP contribution in [0, 0.1) is 31.6 Å². The lowest BCUT2D eigenvalue weighted by atomic mass is 9.71. The molecule has 0 spiro atoms. The molecule has 118 valence electrons. The van der Waals surface area contributed by atoms with Crippen LogP contribution in [0.2, 0.25) is 0 Å². The van der Waals surface area contributed by atoms with Crippen LogP contribution in [0.1, 0.15) is 43.5 Å². The Labute approximate surface area is 129 Å². The maximum atomic E-state index is 5.52. The first kappa shape index (κ1) is 16.3. The monoisotopic (exact) mass is 290 g/mol. The zero-order chi connectivity index (χ0) is 15.4. The highest BCUT2D eigenvalue weighted by molar-refractivity contribution is 5.41. The largest absolute Gasteiger partial charge is 0.496 e. The SMILES string of the molecule is COc1c(C)cnc(CC2CCC2CNCC(C)C)c1C. The summed E-state index contributed by atoms with van der Waals surface area (Å²) in [6.07, 6.45) is 5.74. The Bertz CT molecular complexity index is 471. The van der Waals surface area contributed by atoms with Gasteiger partial charge in [0, 0.05) is 23.0 Å². The van der Waals surface area contributed by atoms with E-state index in [0.29, 0.717) is 0 Å². The molecule has 1 aromatic heterocycles. The third kappa shape index (κ3) is 3.97. The van der Waals surface area contributed by atoms with Crippen molar-refractivity contribution in [2.24, 2.45) is 17.8 Å². The van der Waals surface area contributed by atoms with E-state index < -0.39 is 0 Å². The zero-order valence-corrected chi connectivity index (χ0v) is 14.2. The number of hydrogen-bond donors (Lipinski definition) is 1. The van der Waals surface area contributed by atoms with E-state index in [2.05, 4.69) is 38.0 Å². The second-order valence-electron chi connectivity index (χ2n) is 6.90. The third-order valence-electron chi connectivity index (χ3n) is 4.74. The van der Waals surface area contributed by atoms with Crippen molar-refractivity contribution >= 4 is 0 Å². The Morgan fingerprint density at radius 2 is 2.00 bits per heavy atom. The molecule has 1 aliphatic carbocycles. The van der Waals surface area contributed by atoms with Gasteiger partial charge in [0.25, 0.3) is 0 Å². The summed E-state index contributed by atoms with van der Waals surface area (Å²) in [6, 6.07) is 0. The highest BCUT2D eigenvalue weighted by atomic mass is 16.5. The highest BCUT2D eigenvalue weighted by Crippen LogP contribution is 2.37. The average molecular weight is 290 g/mol. The predicted octanol–water partition coefficient (Wildman–Crippen LogP) is 3.52. The Hall–Kier alpha value is -1.09. The summed E-state index contributed by atoms with van der Waals surface area (Å²) in [5.41, 5.74) is 3.57. The molecule has 0 aromatic carbocycles. The normalized spacial score (nSPS) is 21.4. The quantitative estimate of drug-likeness (QED) is 0.834. The Morgan fingerprint density at radius 1 is 1.29 bits per heavy atom. The van der Waals surface area contributed by atoms with E-state index in [9.17, 15) is 0 Å². The molecule has 0 bridgehead atoms. The molecule has 0 aliphatic heterocycles. The smallest absolute Gasteiger partial charge is 0.128 e. The Balaban J connectivity index is 1.93. The van der Waals surface area contributed by atoms with E-state index in [-0.39, 0.29) is 0 Å². The molecule has 1 saturated carbocycles. The number of nitrogens with one attached hydrogen (secondary N) is 1. The van der Waals surface area contributed by atoms with Gasteiger partial charge in [-0.2, -0.15) is 0 Å². The molecule has 21 heavy (non-hydrogen) atoms. The van der Waals surface area contributed by atoms with Crippen molar-refractivity contribution < 1.29 is 4.74 Å². The van der Waals surface area contributed by atoms with Crippen LogP contribution in [0.5, 0.6) is 5.75 Å². The summed E-state index contributed by atoms with van der Waals surface area (Å²) < 4.78 is 5.52. The van der Waals surface area contributed by atoms with Gasteiger partial charge in [-0.05, 0) is 64.0 Å². The molecule has 0 saturated heterocycles. The van der Waals surface area contributed by atoms with Crippen molar-refractivity contribution in [1.29, 1.82) is 0 Å². The number of methoxy groups -OCH3 is 1. The second-order valence-corrected chi connectivity index (χ2v) is 6.90. The molecular formula is C18H30N2O. The molecule has 1 aliphatic rings. The molecule has 3 heteroatoms. The first-order valence-electron chi connectivity index (χ1n) is 8.22. The number of hydrogen-bond acceptors (Lipinski definition) is 3. The summed E-state index contributed by atoms with van der Waals surface area (Å²) >= 11 is 0. The summed E-state index contributed by atoms with van der Waals surface area (Å²) in [5.74, 6) is 3.34. The van der Waals surface area contributed by atoms with E-state index in [4.69, 9.17) is 4.74 Å². The molecule has 1 N–H and O–H groups in total. The fourth-order valence-corrected chi connectivity index (χ4v) is 3.26. The second kappa shape index (κ2) is 7.26. The van der Waals surface area contributed by atoms with Gasteiger partial charge in [0.1, 0.15) is 5.75 Å². The van der Waals surface area contributed by atoms with E-state index >= 15 is 0 Å². The fraction of sp³-hybridized carbons (Fsp3) is 0.722. The van der Waals surface area contributed by atoms with Crippen molar-refractivity contribution in [3.05, 3.63) is 23.0 Å². The van der Waals surface area contributed by atoms with Crippen LogP contribution < -0.4 is 10.1 Å². The molecule has 2 rings (SSSR count). The van der Waals surface area contributed by atoms with Crippen LogP contribution in [-0.2, 0) is 6.42 Å². The fourth-order valence-electron chi connectivity index (χ4n) is 3.26. The zero-order valence-electron chi connectivity index (χ0n) is 14.2. The number of nitrogens with zero attached hydrogens (tertiary/aromatic N) is 1. The molecular weight excluding hydrogens is 260 g/mol. The third-order valence-corrected chi connectivity index (χ3v) is 4.74. The van der Waals surface area contributed by atoms with E-state index in [1.807, 2.05) is 6.20 Å².